The van der Waals surface area contributed by atoms with Crippen molar-refractivity contribution in [2.75, 3.05) is 6.61 Å². The second-order valence-electron chi connectivity index (χ2n) is 3.22. The molecule has 0 unspecified atom stereocenters. The summed E-state index contributed by atoms with van der Waals surface area (Å²) in [5.41, 5.74) is -1.36. The Morgan fingerprint density at radius 2 is 2.11 bits per heavy atom. The van der Waals surface area contributed by atoms with Crippen LogP contribution in [0, 0.1) is 11.3 Å². The predicted octanol–water partition coefficient (Wildman–Crippen LogP) is 3.52. The Labute approximate surface area is 112 Å². The first-order chi connectivity index (χ1) is 8.34. The van der Waals surface area contributed by atoms with E-state index in [2.05, 4.69) is 4.74 Å². The molecule has 1 aromatic rings. The summed E-state index contributed by atoms with van der Waals surface area (Å²) in [6.07, 6.45) is 0. The lowest BCUT2D eigenvalue weighted by molar-refractivity contribution is -0.173. The Hall–Kier alpha value is -1.38. The summed E-state index contributed by atoms with van der Waals surface area (Å²) in [4.78, 5) is 11.2. The monoisotopic (exact) mass is 293 g/mol. The molecule has 0 aliphatic carbocycles. The highest BCUT2D eigenvalue weighted by Gasteiger charge is 2.46. The maximum atomic E-state index is 13.8. The second kappa shape index (κ2) is 5.51. The number of carbonyl (C=O) groups excluding carboxylic acids is 1. The van der Waals surface area contributed by atoms with E-state index in [4.69, 9.17) is 28.5 Å². The summed E-state index contributed by atoms with van der Waals surface area (Å²) in [6.45, 7) is 1.18. The number of halogens is 4. The molecule has 0 bridgehead atoms. The molecule has 0 saturated heterocycles. The molecule has 1 rings (SSSR count). The van der Waals surface area contributed by atoms with Crippen molar-refractivity contribution in [3.63, 3.8) is 0 Å². The van der Waals surface area contributed by atoms with Gasteiger partial charge in [-0.05, 0) is 19.1 Å². The molecule has 1 aromatic carbocycles. The van der Waals surface area contributed by atoms with Crippen molar-refractivity contribution in [2.45, 2.75) is 12.8 Å². The van der Waals surface area contributed by atoms with Crippen LogP contribution < -0.4 is 0 Å². The van der Waals surface area contributed by atoms with Crippen molar-refractivity contribution in [1.82, 2.24) is 0 Å². The lowest BCUT2D eigenvalue weighted by Crippen LogP contribution is -2.29. The number of nitriles is 1. The summed E-state index contributed by atoms with van der Waals surface area (Å²) in [6, 6.07) is 3.57. The van der Waals surface area contributed by atoms with Crippen LogP contribution >= 0.6 is 23.2 Å². The van der Waals surface area contributed by atoms with Gasteiger partial charge in [0.15, 0.2) is 0 Å². The molecular formula is C11H7Cl2F2NO2. The van der Waals surface area contributed by atoms with Crippen LogP contribution in [0.1, 0.15) is 18.1 Å². The fourth-order valence-corrected chi connectivity index (χ4v) is 1.92. The molecule has 0 spiro atoms. The van der Waals surface area contributed by atoms with Gasteiger partial charge in [0, 0.05) is 5.02 Å². The third-order valence-electron chi connectivity index (χ3n) is 2.02. The van der Waals surface area contributed by atoms with E-state index in [0.717, 1.165) is 12.1 Å². The number of nitrogens with zero attached hydrogens (tertiary/aromatic N) is 1. The maximum Gasteiger partial charge on any atom is 0.382 e. The molecule has 96 valence electrons. The van der Waals surface area contributed by atoms with E-state index in [1.54, 1.807) is 0 Å². The topological polar surface area (TPSA) is 50.1 Å². The largest absolute Gasteiger partial charge is 0.461 e. The van der Waals surface area contributed by atoms with Crippen LogP contribution in [-0.4, -0.2) is 12.6 Å². The smallest absolute Gasteiger partial charge is 0.382 e. The number of rotatable bonds is 3. The zero-order chi connectivity index (χ0) is 13.9. The molecule has 0 aliphatic rings. The van der Waals surface area contributed by atoms with Gasteiger partial charge in [-0.3, -0.25) is 0 Å². The number of alkyl halides is 2. The first kappa shape index (κ1) is 14.7. The first-order valence-corrected chi connectivity index (χ1v) is 5.54. The fraction of sp³-hybridized carbons (Fsp3) is 0.273. The molecule has 0 radical (unpaired) electrons. The van der Waals surface area contributed by atoms with Gasteiger partial charge >= 0.3 is 11.9 Å². The Kier molecular flexibility index (Phi) is 4.49. The van der Waals surface area contributed by atoms with E-state index >= 15 is 0 Å². The maximum absolute atomic E-state index is 13.8. The minimum Gasteiger partial charge on any atom is -0.461 e. The van der Waals surface area contributed by atoms with Crippen LogP contribution in [-0.2, 0) is 15.5 Å². The summed E-state index contributed by atoms with van der Waals surface area (Å²) in [5.74, 6) is -5.76. The fourth-order valence-electron chi connectivity index (χ4n) is 1.30. The van der Waals surface area contributed by atoms with E-state index in [1.807, 2.05) is 0 Å². The van der Waals surface area contributed by atoms with Gasteiger partial charge in [0.2, 0.25) is 0 Å². The summed E-state index contributed by atoms with van der Waals surface area (Å²) < 4.78 is 31.9. The van der Waals surface area contributed by atoms with Gasteiger partial charge < -0.3 is 4.74 Å². The normalized spacial score (nSPS) is 10.9. The van der Waals surface area contributed by atoms with Crippen molar-refractivity contribution >= 4 is 29.2 Å². The van der Waals surface area contributed by atoms with E-state index in [9.17, 15) is 13.6 Å². The average molecular weight is 294 g/mol. The van der Waals surface area contributed by atoms with Crippen molar-refractivity contribution in [2.24, 2.45) is 0 Å². The van der Waals surface area contributed by atoms with Gasteiger partial charge in [-0.25, -0.2) is 4.79 Å². The Balaban J connectivity index is 3.41. The highest BCUT2D eigenvalue weighted by Crippen LogP contribution is 2.38. The highest BCUT2D eigenvalue weighted by atomic mass is 35.5. The summed E-state index contributed by atoms with van der Waals surface area (Å²) in [5, 5.41) is 8.36. The molecular weight excluding hydrogens is 287 g/mol. The van der Waals surface area contributed by atoms with Crippen molar-refractivity contribution in [1.29, 1.82) is 5.26 Å². The number of hydrogen-bond acceptors (Lipinski definition) is 3. The number of esters is 1. The molecule has 0 aliphatic heterocycles. The Bertz CT molecular complexity index is 527. The lowest BCUT2D eigenvalue weighted by atomic mass is 10.0. The van der Waals surface area contributed by atoms with E-state index in [-0.39, 0.29) is 11.6 Å². The molecule has 0 saturated carbocycles. The first-order valence-electron chi connectivity index (χ1n) is 4.79. The van der Waals surface area contributed by atoms with Crippen LogP contribution in [0.25, 0.3) is 0 Å². The van der Waals surface area contributed by atoms with Gasteiger partial charge in [-0.15, -0.1) is 0 Å². The Morgan fingerprint density at radius 3 is 2.61 bits per heavy atom. The second-order valence-corrected chi connectivity index (χ2v) is 4.06. The third-order valence-corrected chi connectivity index (χ3v) is 2.54. The van der Waals surface area contributed by atoms with Gasteiger partial charge in [0.25, 0.3) is 0 Å². The lowest BCUT2D eigenvalue weighted by Gasteiger charge is -2.17. The molecule has 7 heteroatoms. The third kappa shape index (κ3) is 2.71. The molecule has 0 fully saturated rings. The van der Waals surface area contributed by atoms with Gasteiger partial charge in [0.05, 0.1) is 28.8 Å². The molecule has 0 heterocycles. The van der Waals surface area contributed by atoms with Gasteiger partial charge in [-0.2, -0.15) is 14.0 Å². The quantitative estimate of drug-likeness (QED) is 0.801. The number of carbonyl (C=O) groups is 1. The zero-order valence-electron chi connectivity index (χ0n) is 9.14. The van der Waals surface area contributed by atoms with Crippen LogP contribution in [0.4, 0.5) is 8.78 Å². The number of hydrogen-bond donors (Lipinski definition) is 0. The van der Waals surface area contributed by atoms with Crippen molar-refractivity contribution in [3.05, 3.63) is 33.3 Å². The van der Waals surface area contributed by atoms with Crippen LogP contribution in [0.3, 0.4) is 0 Å². The summed E-state index contributed by atoms with van der Waals surface area (Å²) in [7, 11) is 0. The molecule has 18 heavy (non-hydrogen) atoms. The van der Waals surface area contributed by atoms with Gasteiger partial charge in [-0.1, -0.05) is 23.2 Å². The number of ether oxygens (including phenoxy) is 1. The minimum atomic E-state index is -4.00. The van der Waals surface area contributed by atoms with E-state index < -0.39 is 28.0 Å². The van der Waals surface area contributed by atoms with Gasteiger partial charge in [0.1, 0.15) is 0 Å². The van der Waals surface area contributed by atoms with Crippen LogP contribution in [0.15, 0.2) is 12.1 Å². The molecule has 0 atom stereocenters. The van der Waals surface area contributed by atoms with Crippen molar-refractivity contribution in [3.8, 4) is 6.07 Å². The molecule has 0 aromatic heterocycles. The molecule has 3 nitrogen and oxygen atoms in total. The standard InChI is InChI=1S/C11H7Cl2F2NO2/c1-2-18-10(17)11(14,15)9-6(5-16)3-7(12)4-8(9)13/h3-4H,2H2,1H3. The summed E-state index contributed by atoms with van der Waals surface area (Å²) >= 11 is 11.2. The zero-order valence-corrected chi connectivity index (χ0v) is 10.6. The van der Waals surface area contributed by atoms with E-state index in [0.29, 0.717) is 0 Å². The van der Waals surface area contributed by atoms with Crippen LogP contribution in [0.5, 0.6) is 0 Å². The SMILES string of the molecule is CCOC(=O)C(F)(F)c1c(Cl)cc(Cl)cc1C#N. The van der Waals surface area contributed by atoms with E-state index in [1.165, 1.54) is 13.0 Å². The molecule has 0 N–H and O–H groups in total. The number of benzene rings is 1. The van der Waals surface area contributed by atoms with Crippen molar-refractivity contribution < 1.29 is 18.3 Å². The Morgan fingerprint density at radius 1 is 1.50 bits per heavy atom. The minimum absolute atomic E-state index is 0.0277. The van der Waals surface area contributed by atoms with Crippen LogP contribution in [0.2, 0.25) is 10.0 Å². The predicted molar refractivity (Wildman–Crippen MR) is 61.7 cm³/mol. The highest BCUT2D eigenvalue weighted by molar-refractivity contribution is 6.35. The molecule has 0 amide bonds. The average Bonchev–Trinajstić information content (AvgIpc) is 2.27.